The van der Waals surface area contributed by atoms with Crippen molar-refractivity contribution in [2.75, 3.05) is 4.90 Å². The van der Waals surface area contributed by atoms with Crippen LogP contribution in [0, 0.1) is 17.7 Å². The highest BCUT2D eigenvalue weighted by Gasteiger charge is 2.76. The average Bonchev–Trinajstić information content (AvgIpc) is 3.37. The Labute approximate surface area is 212 Å². The van der Waals surface area contributed by atoms with Crippen molar-refractivity contribution in [2.24, 2.45) is 11.8 Å². The van der Waals surface area contributed by atoms with E-state index in [2.05, 4.69) is 0 Å². The van der Waals surface area contributed by atoms with E-state index in [1.807, 2.05) is 0 Å². The van der Waals surface area contributed by atoms with Crippen LogP contribution in [0.25, 0.3) is 0 Å². The SMILES string of the molecule is C[C@@]12C(=O)N(c3cccc(F)c3)C(=O)N1C(c1ccc(Cl)cc1)C1C(=O)N(C3CCCCC3)C(=O)C12. The summed E-state index contributed by atoms with van der Waals surface area (Å²) in [6.45, 7) is 1.57. The van der Waals surface area contributed by atoms with Gasteiger partial charge in [0.1, 0.15) is 11.4 Å². The van der Waals surface area contributed by atoms with E-state index in [1.54, 1.807) is 31.2 Å². The average molecular weight is 510 g/mol. The van der Waals surface area contributed by atoms with Gasteiger partial charge >= 0.3 is 6.03 Å². The van der Waals surface area contributed by atoms with E-state index in [9.17, 15) is 23.6 Å². The zero-order valence-corrected chi connectivity index (χ0v) is 20.5. The summed E-state index contributed by atoms with van der Waals surface area (Å²) in [5.74, 6) is -3.85. The number of rotatable bonds is 3. The smallest absolute Gasteiger partial charge is 0.301 e. The normalized spacial score (nSPS) is 30.4. The second-order valence-corrected chi connectivity index (χ2v) is 10.7. The molecule has 9 heteroatoms. The minimum atomic E-state index is -1.59. The molecule has 0 spiro atoms. The number of halogens is 2. The molecule has 4 fully saturated rings. The first-order chi connectivity index (χ1) is 17.2. The minimum absolute atomic E-state index is 0.0907. The van der Waals surface area contributed by atoms with Gasteiger partial charge in [0.15, 0.2) is 0 Å². The molecular formula is C27H25ClFN3O4. The van der Waals surface area contributed by atoms with Crippen LogP contribution in [0.2, 0.25) is 5.02 Å². The number of likely N-dealkylation sites (tertiary alicyclic amines) is 1. The first-order valence-corrected chi connectivity index (χ1v) is 12.7. The quantitative estimate of drug-likeness (QED) is 0.444. The largest absolute Gasteiger partial charge is 0.332 e. The van der Waals surface area contributed by atoms with Crippen molar-refractivity contribution in [1.82, 2.24) is 9.80 Å². The highest BCUT2D eigenvalue weighted by atomic mass is 35.5. The number of hydrogen-bond donors (Lipinski definition) is 0. The second kappa shape index (κ2) is 8.13. The molecule has 0 N–H and O–H groups in total. The monoisotopic (exact) mass is 509 g/mol. The Morgan fingerprint density at radius 1 is 0.944 bits per heavy atom. The first kappa shape index (κ1) is 23.2. The van der Waals surface area contributed by atoms with E-state index < -0.39 is 47.1 Å². The lowest BCUT2D eigenvalue weighted by molar-refractivity contribution is -0.147. The number of imide groups is 2. The summed E-state index contributed by atoms with van der Waals surface area (Å²) in [4.78, 5) is 59.3. The third-order valence-electron chi connectivity index (χ3n) is 8.36. The molecule has 0 radical (unpaired) electrons. The summed E-state index contributed by atoms with van der Waals surface area (Å²) in [6, 6.07) is 10.3. The Balaban J connectivity index is 1.50. The highest BCUT2D eigenvalue weighted by molar-refractivity contribution is 6.30. The molecule has 3 unspecified atom stereocenters. The molecule has 186 valence electrons. The maximum absolute atomic E-state index is 14.0. The molecule has 6 rings (SSSR count). The lowest BCUT2D eigenvalue weighted by atomic mass is 9.80. The standard InChI is InChI=1S/C27H25ClFN3O4/c1-27-21-20(23(33)30(24(21)34)18-7-3-2-4-8-18)22(15-10-12-16(28)13-11-15)32(27)26(36)31(25(27)35)19-9-5-6-17(29)14-19/h5-6,9-14,18,20-22H,2-4,7-8H2,1H3/t20?,21?,22?,27-/m1/s1. The zero-order chi connectivity index (χ0) is 25.4. The number of urea groups is 1. The van der Waals surface area contributed by atoms with Gasteiger partial charge in [-0.25, -0.2) is 14.1 Å². The Bertz CT molecular complexity index is 1290. The van der Waals surface area contributed by atoms with Crippen LogP contribution in [-0.2, 0) is 14.4 Å². The molecule has 3 saturated heterocycles. The molecule has 3 aliphatic heterocycles. The van der Waals surface area contributed by atoms with Crippen molar-refractivity contribution in [3.05, 3.63) is 64.9 Å². The number of carbonyl (C=O) groups excluding carboxylic acids is 4. The van der Waals surface area contributed by atoms with E-state index in [4.69, 9.17) is 11.6 Å². The fraction of sp³-hybridized carbons (Fsp3) is 0.407. The van der Waals surface area contributed by atoms with Gasteiger partial charge in [-0.15, -0.1) is 0 Å². The van der Waals surface area contributed by atoms with Crippen molar-refractivity contribution in [3.8, 4) is 0 Å². The van der Waals surface area contributed by atoms with Crippen molar-refractivity contribution < 1.29 is 23.6 Å². The second-order valence-electron chi connectivity index (χ2n) is 10.3. The lowest BCUT2D eigenvalue weighted by Gasteiger charge is -2.35. The number of amides is 5. The summed E-state index contributed by atoms with van der Waals surface area (Å²) in [5, 5.41) is 0.485. The summed E-state index contributed by atoms with van der Waals surface area (Å²) < 4.78 is 14.0. The van der Waals surface area contributed by atoms with Crippen molar-refractivity contribution in [2.45, 2.75) is 56.7 Å². The predicted octanol–water partition coefficient (Wildman–Crippen LogP) is 4.70. The van der Waals surface area contributed by atoms with Crippen LogP contribution in [0.3, 0.4) is 0 Å². The molecule has 1 aliphatic carbocycles. The molecular weight excluding hydrogens is 485 g/mol. The topological polar surface area (TPSA) is 78.0 Å². The number of carbonyl (C=O) groups is 4. The molecule has 4 atom stereocenters. The first-order valence-electron chi connectivity index (χ1n) is 12.3. The molecule has 0 bridgehead atoms. The summed E-state index contributed by atoms with van der Waals surface area (Å²) in [6.07, 6.45) is 4.42. The van der Waals surface area contributed by atoms with Gasteiger partial charge in [-0.05, 0) is 55.7 Å². The maximum atomic E-state index is 14.0. The van der Waals surface area contributed by atoms with Gasteiger partial charge in [0.25, 0.3) is 5.91 Å². The lowest BCUT2D eigenvalue weighted by Crippen LogP contribution is -2.52. The van der Waals surface area contributed by atoms with Crippen LogP contribution in [0.1, 0.15) is 50.6 Å². The van der Waals surface area contributed by atoms with E-state index in [1.165, 1.54) is 28.0 Å². The van der Waals surface area contributed by atoms with E-state index >= 15 is 0 Å². The molecule has 2 aromatic carbocycles. The number of anilines is 1. The molecule has 7 nitrogen and oxygen atoms in total. The van der Waals surface area contributed by atoms with E-state index in [0.717, 1.165) is 43.1 Å². The minimum Gasteiger partial charge on any atom is -0.301 e. The van der Waals surface area contributed by atoms with E-state index in [0.29, 0.717) is 10.6 Å². The number of benzene rings is 2. The van der Waals surface area contributed by atoms with E-state index in [-0.39, 0.29) is 17.6 Å². The summed E-state index contributed by atoms with van der Waals surface area (Å²) in [5.41, 5.74) is -0.880. The Morgan fingerprint density at radius 3 is 2.31 bits per heavy atom. The Morgan fingerprint density at radius 2 is 1.64 bits per heavy atom. The van der Waals surface area contributed by atoms with Gasteiger partial charge in [0, 0.05) is 11.1 Å². The van der Waals surface area contributed by atoms with Crippen LogP contribution < -0.4 is 4.90 Å². The third kappa shape index (κ3) is 3.03. The van der Waals surface area contributed by atoms with Crippen LogP contribution in [0.5, 0.6) is 0 Å². The molecule has 4 aliphatic rings. The number of nitrogens with zero attached hydrogens (tertiary/aromatic N) is 3. The van der Waals surface area contributed by atoms with Gasteiger partial charge in [-0.1, -0.05) is 49.1 Å². The fourth-order valence-electron chi connectivity index (χ4n) is 6.76. The third-order valence-corrected chi connectivity index (χ3v) is 8.61. The number of fused-ring (bicyclic) bond motifs is 3. The Kier molecular flexibility index (Phi) is 5.23. The zero-order valence-electron chi connectivity index (χ0n) is 19.7. The van der Waals surface area contributed by atoms with Crippen LogP contribution in [0.4, 0.5) is 14.9 Å². The van der Waals surface area contributed by atoms with Crippen molar-refractivity contribution in [3.63, 3.8) is 0 Å². The molecule has 2 aromatic rings. The molecule has 0 aromatic heterocycles. The number of hydrogen-bond acceptors (Lipinski definition) is 4. The maximum Gasteiger partial charge on any atom is 0.332 e. The van der Waals surface area contributed by atoms with Gasteiger partial charge < -0.3 is 4.90 Å². The van der Waals surface area contributed by atoms with Crippen LogP contribution in [0.15, 0.2) is 48.5 Å². The van der Waals surface area contributed by atoms with Crippen molar-refractivity contribution in [1.29, 1.82) is 0 Å². The highest BCUT2D eigenvalue weighted by Crippen LogP contribution is 2.59. The molecule has 5 amide bonds. The summed E-state index contributed by atoms with van der Waals surface area (Å²) >= 11 is 6.11. The Hall–Kier alpha value is -3.26. The van der Waals surface area contributed by atoms with Gasteiger partial charge in [-0.3, -0.25) is 19.3 Å². The fourth-order valence-corrected chi connectivity index (χ4v) is 6.88. The van der Waals surface area contributed by atoms with Crippen LogP contribution >= 0.6 is 11.6 Å². The van der Waals surface area contributed by atoms with Gasteiger partial charge in [-0.2, -0.15) is 0 Å². The van der Waals surface area contributed by atoms with Crippen LogP contribution in [-0.4, -0.2) is 45.1 Å². The molecule has 1 saturated carbocycles. The summed E-state index contributed by atoms with van der Waals surface area (Å²) in [7, 11) is 0. The van der Waals surface area contributed by atoms with Gasteiger partial charge in [0.2, 0.25) is 11.8 Å². The van der Waals surface area contributed by atoms with Gasteiger partial charge in [0.05, 0.1) is 23.6 Å². The molecule has 3 heterocycles. The van der Waals surface area contributed by atoms with Crippen molar-refractivity contribution >= 4 is 41.0 Å². The molecule has 36 heavy (non-hydrogen) atoms. The predicted molar refractivity (Wildman–Crippen MR) is 129 cm³/mol.